The van der Waals surface area contributed by atoms with E-state index in [9.17, 15) is 8.42 Å². The van der Waals surface area contributed by atoms with Crippen LogP contribution < -0.4 is 20.1 Å². The molecule has 0 saturated carbocycles. The molecule has 0 heterocycles. The third kappa shape index (κ3) is 6.08. The van der Waals surface area contributed by atoms with Gasteiger partial charge in [0.05, 0.1) is 17.7 Å². The third-order valence-electron chi connectivity index (χ3n) is 3.90. The smallest absolute Gasteiger partial charge is 0.262 e. The summed E-state index contributed by atoms with van der Waals surface area (Å²) in [5.41, 5.74) is 1.57. The molecular weight excluding hydrogens is 398 g/mol. The summed E-state index contributed by atoms with van der Waals surface area (Å²) in [6.07, 6.45) is 0.814. The minimum Gasteiger partial charge on any atom is -0.495 e. The van der Waals surface area contributed by atoms with Crippen molar-refractivity contribution in [1.29, 1.82) is 0 Å². The molecule has 0 atom stereocenters. The van der Waals surface area contributed by atoms with E-state index in [-0.39, 0.29) is 4.90 Å². The number of rotatable bonds is 9. The van der Waals surface area contributed by atoms with E-state index in [1.54, 1.807) is 56.5 Å². The van der Waals surface area contributed by atoms with E-state index >= 15 is 0 Å². The highest BCUT2D eigenvalue weighted by atomic mass is 32.2. The lowest BCUT2D eigenvalue weighted by Gasteiger charge is -2.15. The Labute approximate surface area is 171 Å². The second kappa shape index (κ2) is 10.3. The Morgan fingerprint density at radius 2 is 1.89 bits per heavy atom. The van der Waals surface area contributed by atoms with Gasteiger partial charge in [0.15, 0.2) is 5.11 Å². The molecule has 0 spiro atoms. The molecule has 0 unspecified atom stereocenters. The Morgan fingerprint density at radius 1 is 1.14 bits per heavy atom. The Kier molecular flexibility index (Phi) is 8.04. The minimum atomic E-state index is -3.81. The highest BCUT2D eigenvalue weighted by molar-refractivity contribution is 7.92. The summed E-state index contributed by atoms with van der Waals surface area (Å²) < 4.78 is 38.6. The third-order valence-corrected chi connectivity index (χ3v) is 5.65. The molecule has 2 rings (SSSR count). The topological polar surface area (TPSA) is 88.7 Å². The molecule has 0 saturated heterocycles. The fraction of sp³-hybridized carbons (Fsp3) is 0.316. The zero-order valence-electron chi connectivity index (χ0n) is 16.1. The first kappa shape index (κ1) is 21.9. The van der Waals surface area contributed by atoms with Crippen molar-refractivity contribution in [3.05, 3.63) is 48.0 Å². The van der Waals surface area contributed by atoms with Gasteiger partial charge in [0, 0.05) is 25.9 Å². The van der Waals surface area contributed by atoms with Crippen LogP contribution >= 0.6 is 12.2 Å². The van der Waals surface area contributed by atoms with Crippen LogP contribution in [0.25, 0.3) is 0 Å². The number of nitrogens with one attached hydrogen (secondary N) is 3. The van der Waals surface area contributed by atoms with Gasteiger partial charge >= 0.3 is 0 Å². The lowest BCUT2D eigenvalue weighted by Crippen LogP contribution is -2.29. The summed E-state index contributed by atoms with van der Waals surface area (Å²) in [4.78, 5) is 0.158. The summed E-state index contributed by atoms with van der Waals surface area (Å²) >= 11 is 5.25. The molecule has 2 aromatic rings. The van der Waals surface area contributed by atoms with Crippen molar-refractivity contribution in [2.45, 2.75) is 18.2 Å². The predicted molar refractivity (Wildman–Crippen MR) is 116 cm³/mol. The molecule has 0 aliphatic rings. The highest BCUT2D eigenvalue weighted by Crippen LogP contribution is 2.28. The van der Waals surface area contributed by atoms with E-state index in [1.807, 2.05) is 0 Å². The lowest BCUT2D eigenvalue weighted by atomic mass is 10.2. The van der Waals surface area contributed by atoms with Crippen molar-refractivity contribution >= 4 is 38.7 Å². The molecule has 0 aliphatic heterocycles. The van der Waals surface area contributed by atoms with Crippen LogP contribution in [-0.2, 0) is 14.8 Å². The molecule has 0 fully saturated rings. The number of sulfonamides is 1. The van der Waals surface area contributed by atoms with Gasteiger partial charge in [-0.2, -0.15) is 0 Å². The average Bonchev–Trinajstić information content (AvgIpc) is 2.67. The molecule has 0 amide bonds. The van der Waals surface area contributed by atoms with Crippen LogP contribution in [0.4, 0.5) is 11.4 Å². The standard InChI is InChI=1S/C19H25N3O4S2/c1-14-9-10-15(21-19(27)20-11-6-12-25-2)13-18(14)28(23,24)22-16-7-4-5-8-17(16)26-3/h4-5,7-10,13,22H,6,11-12H2,1-3H3,(H2,20,21,27). The van der Waals surface area contributed by atoms with E-state index in [0.717, 1.165) is 6.42 Å². The van der Waals surface area contributed by atoms with E-state index in [0.29, 0.717) is 41.0 Å². The molecule has 7 nitrogen and oxygen atoms in total. The molecule has 0 radical (unpaired) electrons. The van der Waals surface area contributed by atoms with E-state index in [4.69, 9.17) is 21.7 Å². The van der Waals surface area contributed by atoms with Crippen molar-refractivity contribution in [3.8, 4) is 5.75 Å². The number of aryl methyl sites for hydroxylation is 1. The number of benzene rings is 2. The SMILES string of the molecule is COCCCNC(=S)Nc1ccc(C)c(S(=O)(=O)Nc2ccccc2OC)c1. The van der Waals surface area contributed by atoms with Crippen LogP contribution in [-0.4, -0.2) is 40.9 Å². The van der Waals surface area contributed by atoms with Gasteiger partial charge in [0.25, 0.3) is 10.0 Å². The number of ether oxygens (including phenoxy) is 2. The van der Waals surface area contributed by atoms with Crippen LogP contribution in [0.15, 0.2) is 47.4 Å². The molecule has 152 valence electrons. The summed E-state index contributed by atoms with van der Waals surface area (Å²) in [6, 6.07) is 11.9. The first-order valence-corrected chi connectivity index (χ1v) is 10.6. The Hall–Kier alpha value is -2.36. The first-order valence-electron chi connectivity index (χ1n) is 8.67. The fourth-order valence-electron chi connectivity index (χ4n) is 2.49. The van der Waals surface area contributed by atoms with Gasteiger partial charge in [-0.1, -0.05) is 18.2 Å². The monoisotopic (exact) mass is 423 g/mol. The zero-order chi connectivity index (χ0) is 20.6. The largest absolute Gasteiger partial charge is 0.495 e. The van der Waals surface area contributed by atoms with Gasteiger partial charge in [-0.25, -0.2) is 8.42 Å². The number of methoxy groups -OCH3 is 2. The minimum absolute atomic E-state index is 0.158. The first-order chi connectivity index (χ1) is 13.4. The van der Waals surface area contributed by atoms with Crippen LogP contribution in [0.3, 0.4) is 0 Å². The molecule has 28 heavy (non-hydrogen) atoms. The maximum absolute atomic E-state index is 12.9. The van der Waals surface area contributed by atoms with E-state index in [2.05, 4.69) is 15.4 Å². The summed E-state index contributed by atoms with van der Waals surface area (Å²) in [5.74, 6) is 0.444. The van der Waals surface area contributed by atoms with Gasteiger partial charge in [-0.15, -0.1) is 0 Å². The van der Waals surface area contributed by atoms with Crippen molar-refractivity contribution in [3.63, 3.8) is 0 Å². The van der Waals surface area contributed by atoms with E-state index in [1.165, 1.54) is 7.11 Å². The second-order valence-corrected chi connectivity index (χ2v) is 8.07. The molecule has 2 aromatic carbocycles. The summed E-state index contributed by atoms with van der Waals surface area (Å²) in [7, 11) is -0.677. The average molecular weight is 424 g/mol. The van der Waals surface area contributed by atoms with Crippen LogP contribution in [0.2, 0.25) is 0 Å². The lowest BCUT2D eigenvalue weighted by molar-refractivity contribution is 0.196. The number of hydrogen-bond acceptors (Lipinski definition) is 5. The molecule has 0 aliphatic carbocycles. The van der Waals surface area contributed by atoms with Crippen molar-refractivity contribution in [2.24, 2.45) is 0 Å². The molecule has 9 heteroatoms. The summed E-state index contributed by atoms with van der Waals surface area (Å²) in [6.45, 7) is 3.03. The Morgan fingerprint density at radius 3 is 2.61 bits per heavy atom. The van der Waals surface area contributed by atoms with Gasteiger partial charge in [0.2, 0.25) is 0 Å². The maximum Gasteiger partial charge on any atom is 0.262 e. The molecule has 3 N–H and O–H groups in total. The van der Waals surface area contributed by atoms with Crippen LogP contribution in [0.5, 0.6) is 5.75 Å². The van der Waals surface area contributed by atoms with Crippen molar-refractivity contribution in [1.82, 2.24) is 5.32 Å². The molecular formula is C19H25N3O4S2. The molecule has 0 aromatic heterocycles. The number of anilines is 2. The van der Waals surface area contributed by atoms with Crippen molar-refractivity contribution < 1.29 is 17.9 Å². The fourth-order valence-corrected chi connectivity index (χ4v) is 4.05. The quantitative estimate of drug-likeness (QED) is 0.422. The number of para-hydroxylation sites is 2. The Bertz CT molecular complexity index is 917. The second-order valence-electron chi connectivity index (χ2n) is 6.01. The number of hydrogen-bond donors (Lipinski definition) is 3. The van der Waals surface area contributed by atoms with Gasteiger partial charge < -0.3 is 20.1 Å². The highest BCUT2D eigenvalue weighted by Gasteiger charge is 2.19. The van der Waals surface area contributed by atoms with E-state index < -0.39 is 10.0 Å². The normalized spacial score (nSPS) is 11.0. The van der Waals surface area contributed by atoms with Crippen molar-refractivity contribution in [2.75, 3.05) is 37.4 Å². The van der Waals surface area contributed by atoms with Gasteiger partial charge in [-0.3, -0.25) is 4.72 Å². The predicted octanol–water partition coefficient (Wildman–Crippen LogP) is 3.13. The molecule has 0 bridgehead atoms. The van der Waals surface area contributed by atoms with Crippen LogP contribution in [0, 0.1) is 6.92 Å². The van der Waals surface area contributed by atoms with Gasteiger partial charge in [-0.05, 0) is 55.4 Å². The number of thiocarbonyl (C=S) groups is 1. The van der Waals surface area contributed by atoms with Crippen LogP contribution in [0.1, 0.15) is 12.0 Å². The Balaban J connectivity index is 2.16. The summed E-state index contributed by atoms with van der Waals surface area (Å²) in [5, 5.41) is 6.48. The zero-order valence-corrected chi connectivity index (χ0v) is 17.7. The van der Waals surface area contributed by atoms with Gasteiger partial charge in [0.1, 0.15) is 5.75 Å². The maximum atomic E-state index is 12.9.